The summed E-state index contributed by atoms with van der Waals surface area (Å²) in [4.78, 5) is 10.1. The van der Waals surface area contributed by atoms with E-state index in [-0.39, 0.29) is 5.70 Å². The van der Waals surface area contributed by atoms with Crippen molar-refractivity contribution in [3.63, 3.8) is 0 Å². The van der Waals surface area contributed by atoms with Gasteiger partial charge in [-0.15, -0.1) is 11.6 Å². The Morgan fingerprint density at radius 2 is 2.41 bits per heavy atom. The summed E-state index contributed by atoms with van der Waals surface area (Å²) in [7, 11) is 0. The molecule has 88 valence electrons. The second-order valence-electron chi connectivity index (χ2n) is 3.67. The van der Waals surface area contributed by atoms with Gasteiger partial charge in [0.2, 0.25) is 5.70 Å². The van der Waals surface area contributed by atoms with Crippen molar-refractivity contribution in [3.8, 4) is 0 Å². The number of H-pyrrole nitrogens is 1. The molecule has 0 unspecified atom stereocenters. The van der Waals surface area contributed by atoms with E-state index in [0.29, 0.717) is 11.6 Å². The number of fused-ring (bicyclic) bond motifs is 1. The summed E-state index contributed by atoms with van der Waals surface area (Å²) in [5.41, 5.74) is 2.41. The van der Waals surface area contributed by atoms with Crippen LogP contribution in [0.5, 0.6) is 0 Å². The van der Waals surface area contributed by atoms with Crippen LogP contribution in [0.15, 0.2) is 23.9 Å². The number of alkyl halides is 1. The first kappa shape index (κ1) is 11.6. The number of nitro groups is 1. The fourth-order valence-electron chi connectivity index (χ4n) is 1.53. The molecule has 0 atom stereocenters. The van der Waals surface area contributed by atoms with Gasteiger partial charge in [-0.2, -0.15) is 5.10 Å². The molecule has 1 N–H and O–H groups in total. The van der Waals surface area contributed by atoms with Crippen molar-refractivity contribution >= 4 is 28.6 Å². The molecule has 17 heavy (non-hydrogen) atoms. The Balaban J connectivity index is 2.55. The topological polar surface area (TPSA) is 71.8 Å². The van der Waals surface area contributed by atoms with Crippen molar-refractivity contribution < 1.29 is 4.92 Å². The van der Waals surface area contributed by atoms with Crippen LogP contribution in [0.2, 0.25) is 0 Å². The first-order chi connectivity index (χ1) is 8.11. The number of nitrogens with one attached hydrogen (secondary N) is 1. The molecular formula is C11H10ClN3O2. The number of aromatic amines is 1. The van der Waals surface area contributed by atoms with Crippen molar-refractivity contribution in [3.05, 3.63) is 45.3 Å². The summed E-state index contributed by atoms with van der Waals surface area (Å²) in [5.74, 6) is 0.401. The number of hydrogen-bond acceptors (Lipinski definition) is 3. The fourth-order valence-corrected chi connectivity index (χ4v) is 1.70. The first-order valence-corrected chi connectivity index (χ1v) is 5.51. The third-order valence-corrected chi connectivity index (χ3v) is 2.75. The molecule has 1 aromatic carbocycles. The first-order valence-electron chi connectivity index (χ1n) is 4.97. The summed E-state index contributed by atoms with van der Waals surface area (Å²) >= 11 is 5.75. The third kappa shape index (κ3) is 2.29. The van der Waals surface area contributed by atoms with Crippen molar-refractivity contribution in [1.29, 1.82) is 0 Å². The molecule has 0 saturated heterocycles. The number of rotatable bonds is 3. The van der Waals surface area contributed by atoms with Crippen LogP contribution in [-0.4, -0.2) is 15.1 Å². The van der Waals surface area contributed by atoms with Gasteiger partial charge in [-0.3, -0.25) is 15.2 Å². The van der Waals surface area contributed by atoms with Crippen LogP contribution in [0.1, 0.15) is 18.2 Å². The van der Waals surface area contributed by atoms with Gasteiger partial charge in [0.1, 0.15) is 0 Å². The Morgan fingerprint density at radius 3 is 3.06 bits per heavy atom. The highest BCUT2D eigenvalue weighted by Crippen LogP contribution is 2.20. The Hall–Kier alpha value is -1.88. The number of aromatic nitrogens is 2. The highest BCUT2D eigenvalue weighted by atomic mass is 35.5. The van der Waals surface area contributed by atoms with Gasteiger partial charge in [-0.1, -0.05) is 6.07 Å². The molecule has 0 aliphatic rings. The summed E-state index contributed by atoms with van der Waals surface area (Å²) < 4.78 is 0. The zero-order valence-corrected chi connectivity index (χ0v) is 9.86. The molecule has 1 heterocycles. The van der Waals surface area contributed by atoms with E-state index in [2.05, 4.69) is 10.2 Å². The molecule has 0 aliphatic carbocycles. The molecule has 2 aromatic rings. The van der Waals surface area contributed by atoms with Crippen molar-refractivity contribution in [2.45, 2.75) is 12.8 Å². The van der Waals surface area contributed by atoms with Gasteiger partial charge in [0.05, 0.1) is 16.1 Å². The molecule has 0 spiro atoms. The molecule has 0 aliphatic heterocycles. The molecule has 1 aromatic heterocycles. The molecule has 0 bridgehead atoms. The molecule has 0 fully saturated rings. The number of benzene rings is 1. The molecule has 0 amide bonds. The summed E-state index contributed by atoms with van der Waals surface area (Å²) in [6.45, 7) is 1.44. The lowest BCUT2D eigenvalue weighted by molar-refractivity contribution is -0.422. The molecular weight excluding hydrogens is 242 g/mol. The van der Waals surface area contributed by atoms with E-state index in [1.807, 2.05) is 18.2 Å². The minimum absolute atomic E-state index is 0.0619. The molecule has 6 heteroatoms. The van der Waals surface area contributed by atoms with E-state index in [4.69, 9.17) is 11.6 Å². The number of hydrogen-bond donors (Lipinski definition) is 1. The Bertz CT molecular complexity index is 604. The predicted molar refractivity (Wildman–Crippen MR) is 66.3 cm³/mol. The number of nitrogens with zero attached hydrogens (tertiary/aromatic N) is 2. The van der Waals surface area contributed by atoms with Gasteiger partial charge >= 0.3 is 0 Å². The van der Waals surface area contributed by atoms with E-state index < -0.39 is 4.92 Å². The quantitative estimate of drug-likeness (QED) is 0.518. The summed E-state index contributed by atoms with van der Waals surface area (Å²) in [6.07, 6.45) is 1.47. The normalized spacial score (nSPS) is 12.0. The monoisotopic (exact) mass is 251 g/mol. The molecule has 2 rings (SSSR count). The van der Waals surface area contributed by atoms with Crippen molar-refractivity contribution in [2.75, 3.05) is 0 Å². The van der Waals surface area contributed by atoms with Gasteiger partial charge in [0, 0.05) is 24.3 Å². The van der Waals surface area contributed by atoms with E-state index in [0.717, 1.165) is 16.5 Å². The van der Waals surface area contributed by atoms with Crippen molar-refractivity contribution in [2.24, 2.45) is 0 Å². The molecule has 5 nitrogen and oxygen atoms in total. The number of allylic oxidation sites excluding steroid dienone is 1. The number of halogens is 1. The second kappa shape index (κ2) is 4.55. The average molecular weight is 252 g/mol. The van der Waals surface area contributed by atoms with Crippen molar-refractivity contribution in [1.82, 2.24) is 10.2 Å². The SMILES string of the molecule is CC(=Cc1[nH]nc2ccc(CCl)cc12)[N+](=O)[O-]. The maximum atomic E-state index is 10.6. The highest BCUT2D eigenvalue weighted by molar-refractivity contribution is 6.17. The Kier molecular flexibility index (Phi) is 3.10. The van der Waals surface area contributed by atoms with Crippen LogP contribution in [0.3, 0.4) is 0 Å². The zero-order valence-electron chi connectivity index (χ0n) is 9.11. The van der Waals surface area contributed by atoms with Crippen LogP contribution in [0, 0.1) is 10.1 Å². The highest BCUT2D eigenvalue weighted by Gasteiger charge is 2.08. The summed E-state index contributed by atoms with van der Waals surface area (Å²) in [6, 6.07) is 5.59. The van der Waals surface area contributed by atoms with E-state index in [1.165, 1.54) is 13.0 Å². The maximum absolute atomic E-state index is 10.6. The lowest BCUT2D eigenvalue weighted by Crippen LogP contribution is -1.93. The summed E-state index contributed by atoms with van der Waals surface area (Å²) in [5, 5.41) is 18.3. The van der Waals surface area contributed by atoms with Gasteiger partial charge in [0.25, 0.3) is 0 Å². The lowest BCUT2D eigenvalue weighted by atomic mass is 10.1. The Morgan fingerprint density at radius 1 is 1.65 bits per heavy atom. The largest absolute Gasteiger partial charge is 0.277 e. The lowest BCUT2D eigenvalue weighted by Gasteiger charge is -1.95. The molecule has 0 radical (unpaired) electrons. The maximum Gasteiger partial charge on any atom is 0.245 e. The minimum atomic E-state index is -0.432. The van der Waals surface area contributed by atoms with Gasteiger partial charge in [-0.25, -0.2) is 0 Å². The standard InChI is InChI=1S/C11H10ClN3O2/c1-7(15(16)17)4-11-9-5-8(6-12)2-3-10(9)13-14-11/h2-5H,6H2,1H3,(H,13,14). The predicted octanol–water partition coefficient (Wildman–Crippen LogP) is 2.94. The van der Waals surface area contributed by atoms with E-state index in [9.17, 15) is 10.1 Å². The van der Waals surface area contributed by atoms with Gasteiger partial charge < -0.3 is 0 Å². The smallest absolute Gasteiger partial charge is 0.245 e. The van der Waals surface area contributed by atoms with Gasteiger partial charge in [0.15, 0.2) is 0 Å². The van der Waals surface area contributed by atoms with Crippen LogP contribution < -0.4 is 0 Å². The van der Waals surface area contributed by atoms with Crippen LogP contribution in [0.25, 0.3) is 17.0 Å². The molecule has 0 saturated carbocycles. The second-order valence-corrected chi connectivity index (χ2v) is 3.93. The van der Waals surface area contributed by atoms with Gasteiger partial charge in [-0.05, 0) is 17.7 Å². The van der Waals surface area contributed by atoms with E-state index >= 15 is 0 Å². The van der Waals surface area contributed by atoms with Crippen LogP contribution >= 0.6 is 11.6 Å². The van der Waals surface area contributed by atoms with Crippen LogP contribution in [-0.2, 0) is 5.88 Å². The van der Waals surface area contributed by atoms with E-state index in [1.54, 1.807) is 0 Å². The minimum Gasteiger partial charge on any atom is -0.277 e. The van der Waals surface area contributed by atoms with Crippen LogP contribution in [0.4, 0.5) is 0 Å². The average Bonchev–Trinajstić information content (AvgIpc) is 2.71. The third-order valence-electron chi connectivity index (χ3n) is 2.44. The Labute approximate surface area is 102 Å². The zero-order chi connectivity index (χ0) is 12.4. The fraction of sp³-hybridized carbons (Fsp3) is 0.182.